The average Bonchev–Trinajstić information content (AvgIpc) is 2.90. The van der Waals surface area contributed by atoms with Crippen LogP contribution in [0.4, 0.5) is 17.6 Å². The molecule has 0 aromatic rings. The van der Waals surface area contributed by atoms with Gasteiger partial charge in [-0.05, 0) is 34.1 Å². The summed E-state index contributed by atoms with van der Waals surface area (Å²) in [5, 5.41) is -5.93. The monoisotopic (exact) mass is 424 g/mol. The van der Waals surface area contributed by atoms with E-state index in [2.05, 4.69) is 4.74 Å². The summed E-state index contributed by atoms with van der Waals surface area (Å²) in [6.07, 6.45) is -6.88. The molecular formula is C14H20F4O8S. The fraction of sp³-hybridized carbons (Fsp3) is 0.857. The third-order valence-electron chi connectivity index (χ3n) is 3.52. The van der Waals surface area contributed by atoms with E-state index >= 15 is 0 Å². The molecule has 1 heterocycles. The predicted molar refractivity (Wildman–Crippen MR) is 80.7 cm³/mol. The summed E-state index contributed by atoms with van der Waals surface area (Å²) in [7, 11) is -6.53. The molecule has 1 aliphatic rings. The van der Waals surface area contributed by atoms with Crippen molar-refractivity contribution in [3.63, 3.8) is 0 Å². The Morgan fingerprint density at radius 2 is 1.48 bits per heavy atom. The molecule has 13 heteroatoms. The Balaban J connectivity index is 3.28. The highest BCUT2D eigenvalue weighted by Crippen LogP contribution is 2.49. The van der Waals surface area contributed by atoms with Crippen LogP contribution in [0.15, 0.2) is 0 Å². The van der Waals surface area contributed by atoms with Crippen LogP contribution in [0, 0.1) is 5.92 Å². The van der Waals surface area contributed by atoms with Gasteiger partial charge in [0.2, 0.25) is 0 Å². The number of alkyl halides is 4. The van der Waals surface area contributed by atoms with Crippen molar-refractivity contribution >= 4 is 22.1 Å². The second-order valence-electron chi connectivity index (χ2n) is 6.47. The number of hydrogen-bond acceptors (Lipinski definition) is 7. The first-order chi connectivity index (χ1) is 12.0. The van der Waals surface area contributed by atoms with Gasteiger partial charge in [-0.25, -0.2) is 9.59 Å². The van der Waals surface area contributed by atoms with Crippen LogP contribution in [-0.4, -0.2) is 60.5 Å². The van der Waals surface area contributed by atoms with Crippen LogP contribution in [0.25, 0.3) is 0 Å². The number of carbonyl (C=O) groups excluding carboxylic acids is 2. The topological polar surface area (TPSA) is 116 Å². The number of hydrogen-bond donors (Lipinski definition) is 1. The molecule has 27 heavy (non-hydrogen) atoms. The van der Waals surface area contributed by atoms with Crippen molar-refractivity contribution in [1.82, 2.24) is 0 Å². The molecule has 0 spiro atoms. The fourth-order valence-corrected chi connectivity index (χ4v) is 2.88. The van der Waals surface area contributed by atoms with Crippen LogP contribution in [-0.2, 0) is 33.9 Å². The third-order valence-corrected chi connectivity index (χ3v) is 4.44. The van der Waals surface area contributed by atoms with Crippen LogP contribution in [0.5, 0.6) is 0 Å². The molecule has 0 aromatic heterocycles. The normalized spacial score (nSPS) is 24.3. The van der Waals surface area contributed by atoms with E-state index in [0.717, 1.165) is 0 Å². The summed E-state index contributed by atoms with van der Waals surface area (Å²) in [5.74, 6) is -10.9. The van der Waals surface area contributed by atoms with Gasteiger partial charge in [-0.1, -0.05) is 0 Å². The number of ether oxygens (including phenoxy) is 3. The summed E-state index contributed by atoms with van der Waals surface area (Å²) in [5.41, 5.74) is 0. The largest absolute Gasteiger partial charge is 0.461 e. The molecule has 1 N–H and O–H groups in total. The average molecular weight is 424 g/mol. The highest BCUT2D eigenvalue weighted by molar-refractivity contribution is 7.87. The Morgan fingerprint density at radius 1 is 1.04 bits per heavy atom. The second-order valence-corrected chi connectivity index (χ2v) is 7.94. The van der Waals surface area contributed by atoms with Gasteiger partial charge < -0.3 is 14.2 Å². The lowest BCUT2D eigenvalue weighted by atomic mass is 9.92. The van der Waals surface area contributed by atoms with Crippen molar-refractivity contribution in [2.45, 2.75) is 69.7 Å². The second kappa shape index (κ2) is 7.87. The molecular weight excluding hydrogens is 404 g/mol. The van der Waals surface area contributed by atoms with Crippen molar-refractivity contribution in [1.29, 1.82) is 0 Å². The highest BCUT2D eigenvalue weighted by Gasteiger charge is 2.73. The smallest absolute Gasteiger partial charge is 0.431 e. The summed E-state index contributed by atoms with van der Waals surface area (Å²) >= 11 is 0. The van der Waals surface area contributed by atoms with Gasteiger partial charge >= 0.3 is 33.2 Å². The Hall–Kier alpha value is -1.47. The first-order valence-electron chi connectivity index (χ1n) is 7.81. The highest BCUT2D eigenvalue weighted by atomic mass is 32.2. The van der Waals surface area contributed by atoms with Gasteiger partial charge in [0.15, 0.2) is 12.2 Å². The lowest BCUT2D eigenvalue weighted by molar-refractivity contribution is -0.209. The maximum Gasteiger partial charge on any atom is 0.431 e. The minimum absolute atomic E-state index is 0.694. The van der Waals surface area contributed by atoms with E-state index in [0.29, 0.717) is 0 Å². The summed E-state index contributed by atoms with van der Waals surface area (Å²) in [6.45, 7) is 5.54. The van der Waals surface area contributed by atoms with Gasteiger partial charge in [-0.2, -0.15) is 26.0 Å². The molecule has 1 aliphatic heterocycles. The van der Waals surface area contributed by atoms with Gasteiger partial charge in [0, 0.05) is 0 Å². The number of esters is 2. The molecule has 158 valence electrons. The zero-order valence-electron chi connectivity index (χ0n) is 14.8. The van der Waals surface area contributed by atoms with E-state index in [1.807, 2.05) is 0 Å². The van der Waals surface area contributed by atoms with Crippen molar-refractivity contribution < 1.29 is 54.3 Å². The number of rotatable bonds is 7. The van der Waals surface area contributed by atoms with Gasteiger partial charge in [0.25, 0.3) is 0 Å². The third kappa shape index (κ3) is 4.88. The molecule has 0 radical (unpaired) electrons. The maximum absolute atomic E-state index is 14.3. The molecule has 0 saturated carbocycles. The quantitative estimate of drug-likeness (QED) is 0.374. The zero-order valence-corrected chi connectivity index (χ0v) is 15.6. The van der Waals surface area contributed by atoms with Crippen molar-refractivity contribution in [3.05, 3.63) is 0 Å². The Morgan fingerprint density at radius 3 is 1.89 bits per heavy atom. The van der Waals surface area contributed by atoms with Crippen LogP contribution in [0.1, 0.15) is 34.1 Å². The molecule has 8 nitrogen and oxygen atoms in total. The molecule has 1 rings (SSSR count). The lowest BCUT2D eigenvalue weighted by Crippen LogP contribution is -2.54. The van der Waals surface area contributed by atoms with Crippen molar-refractivity contribution in [3.8, 4) is 0 Å². The van der Waals surface area contributed by atoms with E-state index in [9.17, 15) is 35.6 Å². The molecule has 0 bridgehead atoms. The van der Waals surface area contributed by atoms with E-state index in [4.69, 9.17) is 14.0 Å². The standard InChI is InChI=1S/C14H20F4O8S/c1-6(2)24-11(19)9-5-8(10(26-9)12(20)25-7(3)4)13(15,16)14(17,18)27(21,22)23/h6-10H,5H2,1-4H3,(H,21,22,23). The van der Waals surface area contributed by atoms with Crippen LogP contribution in [0.2, 0.25) is 0 Å². The van der Waals surface area contributed by atoms with Crippen molar-refractivity contribution in [2.75, 3.05) is 0 Å². The SMILES string of the molecule is CC(C)OC(=O)C1CC(C(F)(F)C(F)(F)S(=O)(=O)O)C(C(=O)OC(C)C)O1. The van der Waals surface area contributed by atoms with Gasteiger partial charge in [-0.15, -0.1) is 0 Å². The first-order valence-corrected chi connectivity index (χ1v) is 9.25. The Kier molecular flexibility index (Phi) is 6.87. The fourth-order valence-electron chi connectivity index (χ4n) is 2.39. The Bertz CT molecular complexity index is 677. The summed E-state index contributed by atoms with van der Waals surface area (Å²) in [4.78, 5) is 23.9. The van der Waals surface area contributed by atoms with Crippen LogP contribution < -0.4 is 0 Å². The van der Waals surface area contributed by atoms with Gasteiger partial charge in [0.1, 0.15) is 0 Å². The van der Waals surface area contributed by atoms with Crippen molar-refractivity contribution in [2.24, 2.45) is 5.92 Å². The van der Waals surface area contributed by atoms with Gasteiger partial charge in [-0.3, -0.25) is 4.55 Å². The molecule has 1 saturated heterocycles. The number of carbonyl (C=O) groups is 2. The van der Waals surface area contributed by atoms with E-state index in [1.54, 1.807) is 0 Å². The van der Waals surface area contributed by atoms with Crippen LogP contribution >= 0.6 is 0 Å². The van der Waals surface area contributed by atoms with Gasteiger partial charge in [0.05, 0.1) is 18.1 Å². The number of halogens is 4. The minimum atomic E-state index is -6.53. The van der Waals surface area contributed by atoms with E-state index in [-0.39, 0.29) is 0 Å². The Labute approximate surface area is 152 Å². The predicted octanol–water partition coefficient (Wildman–Crippen LogP) is 1.78. The molecule has 0 amide bonds. The summed E-state index contributed by atoms with van der Waals surface area (Å²) in [6, 6.07) is 0. The molecule has 1 fully saturated rings. The molecule has 0 aromatic carbocycles. The zero-order chi connectivity index (χ0) is 21.4. The molecule has 0 aliphatic carbocycles. The first kappa shape index (κ1) is 23.6. The van der Waals surface area contributed by atoms with E-state index < -0.39 is 70.0 Å². The van der Waals surface area contributed by atoms with E-state index in [1.165, 1.54) is 27.7 Å². The maximum atomic E-state index is 14.3. The summed E-state index contributed by atoms with van der Waals surface area (Å²) < 4.78 is 100. The minimum Gasteiger partial charge on any atom is -0.461 e. The lowest BCUT2D eigenvalue weighted by Gasteiger charge is -2.30. The van der Waals surface area contributed by atoms with Crippen LogP contribution in [0.3, 0.4) is 0 Å². The molecule has 3 unspecified atom stereocenters. The molecule has 3 atom stereocenters.